The van der Waals surface area contributed by atoms with Crippen LogP contribution in [0.3, 0.4) is 0 Å². The molecule has 0 unspecified atom stereocenters. The van der Waals surface area contributed by atoms with E-state index >= 15 is 0 Å². The number of carbonyl (C=O) groups is 3. The molecule has 2 N–H and O–H groups in total. The SMILES string of the molecule is COc1cccc(/C=C2\SC(=S)N([C@@H](CC(=O)O)C(=O)O)C2=O)c1. The zero-order valence-electron chi connectivity index (χ0n) is 12.5. The quantitative estimate of drug-likeness (QED) is 0.580. The lowest BCUT2D eigenvalue weighted by molar-refractivity contribution is -0.150. The van der Waals surface area contributed by atoms with E-state index in [2.05, 4.69) is 0 Å². The first-order valence-electron chi connectivity index (χ1n) is 6.69. The van der Waals surface area contributed by atoms with E-state index in [9.17, 15) is 19.5 Å². The second-order valence-corrected chi connectivity index (χ2v) is 6.46. The molecule has 7 nitrogen and oxygen atoms in total. The van der Waals surface area contributed by atoms with Crippen LogP contribution >= 0.6 is 24.0 Å². The molecule has 0 aromatic heterocycles. The number of hydrogen-bond acceptors (Lipinski definition) is 6. The molecule has 0 saturated carbocycles. The molecule has 0 radical (unpaired) electrons. The summed E-state index contributed by atoms with van der Waals surface area (Å²) in [6.45, 7) is 0. The molecule has 2 rings (SSSR count). The van der Waals surface area contributed by atoms with Crippen molar-refractivity contribution >= 4 is 52.2 Å². The van der Waals surface area contributed by atoms with Gasteiger partial charge in [0.15, 0.2) is 0 Å². The molecule has 1 aliphatic rings. The molecular weight excluding hydrogens is 354 g/mol. The van der Waals surface area contributed by atoms with Gasteiger partial charge in [0.25, 0.3) is 5.91 Å². The van der Waals surface area contributed by atoms with Crippen LogP contribution in [0.15, 0.2) is 29.2 Å². The highest BCUT2D eigenvalue weighted by Gasteiger charge is 2.41. The maximum atomic E-state index is 12.5. The van der Waals surface area contributed by atoms with Gasteiger partial charge >= 0.3 is 11.9 Å². The van der Waals surface area contributed by atoms with Gasteiger partial charge in [-0.25, -0.2) is 4.79 Å². The van der Waals surface area contributed by atoms with E-state index in [-0.39, 0.29) is 9.23 Å². The number of thioether (sulfide) groups is 1. The largest absolute Gasteiger partial charge is 0.497 e. The van der Waals surface area contributed by atoms with Gasteiger partial charge in [-0.05, 0) is 23.8 Å². The van der Waals surface area contributed by atoms with Crippen molar-refractivity contribution in [3.63, 3.8) is 0 Å². The van der Waals surface area contributed by atoms with Gasteiger partial charge in [0.05, 0.1) is 18.4 Å². The Morgan fingerprint density at radius 1 is 1.42 bits per heavy atom. The van der Waals surface area contributed by atoms with Crippen molar-refractivity contribution in [2.75, 3.05) is 7.11 Å². The topological polar surface area (TPSA) is 104 Å². The van der Waals surface area contributed by atoms with E-state index in [4.69, 9.17) is 22.1 Å². The molecule has 9 heteroatoms. The lowest BCUT2D eigenvalue weighted by atomic mass is 10.1. The van der Waals surface area contributed by atoms with Gasteiger partial charge in [-0.3, -0.25) is 14.5 Å². The van der Waals surface area contributed by atoms with Crippen LogP contribution < -0.4 is 4.74 Å². The number of methoxy groups -OCH3 is 1. The minimum absolute atomic E-state index is 0.0165. The molecule has 1 saturated heterocycles. The number of rotatable bonds is 6. The fraction of sp³-hybridized carbons (Fsp3) is 0.200. The third kappa shape index (κ3) is 3.92. The third-order valence-corrected chi connectivity index (χ3v) is 4.51. The molecule has 1 fully saturated rings. The van der Waals surface area contributed by atoms with Crippen LogP contribution in [0.2, 0.25) is 0 Å². The summed E-state index contributed by atoms with van der Waals surface area (Å²) in [7, 11) is 1.52. The summed E-state index contributed by atoms with van der Waals surface area (Å²) >= 11 is 5.99. The number of benzene rings is 1. The zero-order valence-corrected chi connectivity index (χ0v) is 14.1. The number of amides is 1. The molecule has 0 spiro atoms. The molecule has 0 bridgehead atoms. The maximum absolute atomic E-state index is 12.5. The summed E-state index contributed by atoms with van der Waals surface area (Å²) in [6.07, 6.45) is 0.829. The van der Waals surface area contributed by atoms with E-state index in [1.807, 2.05) is 0 Å². The first-order valence-corrected chi connectivity index (χ1v) is 7.91. The van der Waals surface area contributed by atoms with Gasteiger partial charge in [-0.15, -0.1) is 0 Å². The lowest BCUT2D eigenvalue weighted by Crippen LogP contribution is -2.45. The Bertz CT molecular complexity index is 745. The molecule has 1 aromatic rings. The van der Waals surface area contributed by atoms with Crippen molar-refractivity contribution in [2.24, 2.45) is 0 Å². The molecule has 24 heavy (non-hydrogen) atoms. The third-order valence-electron chi connectivity index (χ3n) is 3.18. The molecule has 1 aliphatic heterocycles. The summed E-state index contributed by atoms with van der Waals surface area (Å²) in [5.74, 6) is -2.76. The van der Waals surface area contributed by atoms with Gasteiger partial charge in [-0.1, -0.05) is 36.1 Å². The Labute approximate surface area is 146 Å². The van der Waals surface area contributed by atoms with E-state index in [1.165, 1.54) is 7.11 Å². The highest BCUT2D eigenvalue weighted by atomic mass is 32.2. The van der Waals surface area contributed by atoms with Crippen molar-refractivity contribution in [1.82, 2.24) is 4.90 Å². The van der Waals surface area contributed by atoms with E-state index in [0.717, 1.165) is 16.7 Å². The molecular formula is C15H13NO6S2. The van der Waals surface area contributed by atoms with Gasteiger partial charge in [0.2, 0.25) is 0 Å². The lowest BCUT2D eigenvalue weighted by Gasteiger charge is -2.21. The first kappa shape index (κ1) is 18.0. The van der Waals surface area contributed by atoms with Gasteiger partial charge < -0.3 is 14.9 Å². The average Bonchev–Trinajstić information content (AvgIpc) is 2.79. The molecule has 1 atom stereocenters. The van der Waals surface area contributed by atoms with Crippen LogP contribution in [-0.4, -0.2) is 50.4 Å². The van der Waals surface area contributed by atoms with E-state index in [1.54, 1.807) is 30.3 Å². The second kappa shape index (κ2) is 7.45. The number of carbonyl (C=O) groups excluding carboxylic acids is 1. The van der Waals surface area contributed by atoms with Crippen molar-refractivity contribution in [2.45, 2.75) is 12.5 Å². The van der Waals surface area contributed by atoms with Crippen LogP contribution in [0.1, 0.15) is 12.0 Å². The Morgan fingerprint density at radius 3 is 2.71 bits per heavy atom. The summed E-state index contributed by atoms with van der Waals surface area (Å²) < 4.78 is 5.12. The molecule has 1 heterocycles. The summed E-state index contributed by atoms with van der Waals surface area (Å²) in [5.41, 5.74) is 0.681. The number of carboxylic acid groups (broad SMARTS) is 2. The summed E-state index contributed by atoms with van der Waals surface area (Å²) in [5, 5.41) is 18.0. The fourth-order valence-electron chi connectivity index (χ4n) is 2.09. The number of aliphatic carboxylic acids is 2. The van der Waals surface area contributed by atoms with Crippen molar-refractivity contribution in [3.05, 3.63) is 34.7 Å². The first-order chi connectivity index (χ1) is 11.3. The highest BCUT2D eigenvalue weighted by Crippen LogP contribution is 2.35. The van der Waals surface area contributed by atoms with E-state index in [0.29, 0.717) is 11.3 Å². The Kier molecular flexibility index (Phi) is 5.58. The highest BCUT2D eigenvalue weighted by molar-refractivity contribution is 8.26. The maximum Gasteiger partial charge on any atom is 0.327 e. The fourth-order valence-corrected chi connectivity index (χ4v) is 3.44. The van der Waals surface area contributed by atoms with Crippen LogP contribution in [0.5, 0.6) is 5.75 Å². The monoisotopic (exact) mass is 367 g/mol. The Hall–Kier alpha value is -2.39. The number of carboxylic acids is 2. The van der Waals surface area contributed by atoms with Gasteiger partial charge in [0.1, 0.15) is 16.1 Å². The predicted octanol–water partition coefficient (Wildman–Crippen LogP) is 1.82. The Morgan fingerprint density at radius 2 is 2.12 bits per heavy atom. The summed E-state index contributed by atoms with van der Waals surface area (Å²) in [4.78, 5) is 35.7. The Balaban J connectivity index is 2.31. The van der Waals surface area contributed by atoms with Gasteiger partial charge in [-0.2, -0.15) is 0 Å². The minimum atomic E-state index is -1.54. The number of thiocarbonyl (C=S) groups is 1. The minimum Gasteiger partial charge on any atom is -0.497 e. The molecule has 1 amide bonds. The second-order valence-electron chi connectivity index (χ2n) is 4.78. The molecule has 1 aromatic carbocycles. The van der Waals surface area contributed by atoms with Crippen LogP contribution in [0.25, 0.3) is 6.08 Å². The van der Waals surface area contributed by atoms with E-state index < -0.39 is 30.3 Å². The number of hydrogen-bond donors (Lipinski definition) is 2. The smallest absolute Gasteiger partial charge is 0.327 e. The number of ether oxygens (including phenoxy) is 1. The van der Waals surface area contributed by atoms with Crippen LogP contribution in [-0.2, 0) is 14.4 Å². The van der Waals surface area contributed by atoms with Gasteiger partial charge in [0, 0.05) is 0 Å². The molecule has 126 valence electrons. The number of nitrogens with zero attached hydrogens (tertiary/aromatic N) is 1. The standard InChI is InChI=1S/C15H13NO6S2/c1-22-9-4-2-3-8(5-9)6-11-13(19)16(15(23)24-11)10(14(20)21)7-12(17)18/h2-6,10H,7H2,1H3,(H,17,18)(H,20,21)/b11-6-/t10-/m0/s1. The van der Waals surface area contributed by atoms with Crippen molar-refractivity contribution in [1.29, 1.82) is 0 Å². The molecule has 0 aliphatic carbocycles. The van der Waals surface area contributed by atoms with Crippen LogP contribution in [0.4, 0.5) is 0 Å². The normalized spacial score (nSPS) is 17.2. The predicted molar refractivity (Wildman–Crippen MR) is 91.7 cm³/mol. The zero-order chi connectivity index (χ0) is 17.9. The average molecular weight is 367 g/mol. The summed E-state index contributed by atoms with van der Waals surface area (Å²) in [6, 6.07) is 5.41. The van der Waals surface area contributed by atoms with Crippen molar-refractivity contribution < 1.29 is 29.3 Å². The van der Waals surface area contributed by atoms with Crippen molar-refractivity contribution in [3.8, 4) is 5.75 Å². The van der Waals surface area contributed by atoms with Crippen LogP contribution in [0, 0.1) is 0 Å².